The normalized spacial score (nSPS) is 24.8. The van der Waals surface area contributed by atoms with Crippen molar-refractivity contribution in [2.75, 3.05) is 32.8 Å². The van der Waals surface area contributed by atoms with Crippen LogP contribution in [-0.2, 0) is 19.1 Å². The SMILES string of the molecule is C[C@@H]1CC[C@H](N(C(=O)[CH]C[C@H](C)C(N)=O)C(=O)N2CCOCC2)C(=O)CN1. The molecule has 0 bridgehead atoms. The van der Waals surface area contributed by atoms with Crippen LogP contribution in [0, 0.1) is 12.3 Å². The fourth-order valence-electron chi connectivity index (χ4n) is 3.12. The Morgan fingerprint density at radius 2 is 2.00 bits per heavy atom. The summed E-state index contributed by atoms with van der Waals surface area (Å²) < 4.78 is 5.26. The van der Waals surface area contributed by atoms with Crippen molar-refractivity contribution < 1.29 is 23.9 Å². The number of hydrogen-bond donors (Lipinski definition) is 2. The summed E-state index contributed by atoms with van der Waals surface area (Å²) in [5.41, 5.74) is 5.24. The highest BCUT2D eigenvalue weighted by Crippen LogP contribution is 2.19. The molecule has 0 aromatic heterocycles. The third-order valence-electron chi connectivity index (χ3n) is 5.04. The van der Waals surface area contributed by atoms with Crippen LogP contribution in [0.1, 0.15) is 33.1 Å². The molecule has 0 aromatic carbocycles. The highest BCUT2D eigenvalue weighted by molar-refractivity contribution is 6.04. The Hall–Kier alpha value is -2.00. The number of imide groups is 1. The molecular formula is C18H29N4O5. The first-order valence-corrected chi connectivity index (χ1v) is 9.39. The number of nitrogens with two attached hydrogens (primary N) is 1. The molecule has 2 fully saturated rings. The lowest BCUT2D eigenvalue weighted by molar-refractivity contribution is -0.134. The van der Waals surface area contributed by atoms with Crippen LogP contribution in [-0.4, -0.2) is 78.4 Å². The van der Waals surface area contributed by atoms with Gasteiger partial charge in [-0.3, -0.25) is 19.3 Å². The van der Waals surface area contributed by atoms with Crippen molar-refractivity contribution in [2.45, 2.75) is 45.2 Å². The van der Waals surface area contributed by atoms with E-state index >= 15 is 0 Å². The van der Waals surface area contributed by atoms with Gasteiger partial charge in [-0.1, -0.05) is 6.92 Å². The highest BCUT2D eigenvalue weighted by Gasteiger charge is 2.38. The molecule has 2 heterocycles. The lowest BCUT2D eigenvalue weighted by Gasteiger charge is -2.35. The van der Waals surface area contributed by atoms with Gasteiger partial charge in [0.05, 0.1) is 26.2 Å². The maximum atomic E-state index is 13.0. The number of carbonyl (C=O) groups excluding carboxylic acids is 4. The summed E-state index contributed by atoms with van der Waals surface area (Å²) in [7, 11) is 0. The maximum Gasteiger partial charge on any atom is 0.327 e. The zero-order valence-electron chi connectivity index (χ0n) is 16.0. The molecule has 4 amide bonds. The van der Waals surface area contributed by atoms with Gasteiger partial charge in [0, 0.05) is 25.0 Å². The molecule has 2 aliphatic heterocycles. The largest absolute Gasteiger partial charge is 0.378 e. The van der Waals surface area contributed by atoms with Crippen molar-refractivity contribution >= 4 is 23.6 Å². The van der Waals surface area contributed by atoms with Gasteiger partial charge in [0.15, 0.2) is 5.78 Å². The molecule has 0 saturated carbocycles. The molecule has 2 rings (SSSR count). The number of hydrogen-bond acceptors (Lipinski definition) is 6. The minimum Gasteiger partial charge on any atom is -0.378 e. The number of carbonyl (C=O) groups is 4. The van der Waals surface area contributed by atoms with Crippen molar-refractivity contribution in [2.24, 2.45) is 11.7 Å². The van der Waals surface area contributed by atoms with Gasteiger partial charge < -0.3 is 20.7 Å². The minimum absolute atomic E-state index is 0.115. The molecule has 2 aliphatic rings. The van der Waals surface area contributed by atoms with Gasteiger partial charge in [0.1, 0.15) is 6.04 Å². The first-order chi connectivity index (χ1) is 12.8. The number of ether oxygens (including phenoxy) is 1. The van der Waals surface area contributed by atoms with E-state index < -0.39 is 29.8 Å². The van der Waals surface area contributed by atoms with E-state index in [2.05, 4.69) is 5.32 Å². The summed E-state index contributed by atoms with van der Waals surface area (Å²) in [6, 6.07) is -1.17. The van der Waals surface area contributed by atoms with Crippen molar-refractivity contribution in [3.8, 4) is 0 Å². The van der Waals surface area contributed by atoms with Crippen LogP contribution in [0.25, 0.3) is 0 Å². The van der Waals surface area contributed by atoms with Gasteiger partial charge >= 0.3 is 6.03 Å². The topological polar surface area (TPSA) is 122 Å². The molecule has 3 atom stereocenters. The summed E-state index contributed by atoms with van der Waals surface area (Å²) in [6.45, 7) is 5.23. The van der Waals surface area contributed by atoms with Gasteiger partial charge in [-0.2, -0.15) is 0 Å². The van der Waals surface area contributed by atoms with E-state index in [1.165, 1.54) is 11.3 Å². The van der Waals surface area contributed by atoms with E-state index in [1.807, 2.05) is 6.92 Å². The quantitative estimate of drug-likeness (QED) is 0.674. The Morgan fingerprint density at radius 1 is 1.33 bits per heavy atom. The van der Waals surface area contributed by atoms with Gasteiger partial charge in [0.2, 0.25) is 11.8 Å². The Balaban J connectivity index is 2.18. The van der Waals surface area contributed by atoms with Crippen LogP contribution in [0.2, 0.25) is 0 Å². The predicted octanol–water partition coefficient (Wildman–Crippen LogP) is -0.307. The Morgan fingerprint density at radius 3 is 2.63 bits per heavy atom. The van der Waals surface area contributed by atoms with Crippen molar-refractivity contribution in [3.63, 3.8) is 0 Å². The Bertz CT molecular complexity index is 576. The second kappa shape index (κ2) is 9.80. The third kappa shape index (κ3) is 5.74. The first kappa shape index (κ1) is 21.3. The molecular weight excluding hydrogens is 352 g/mol. The molecule has 2 saturated heterocycles. The molecule has 0 unspecified atom stereocenters. The van der Waals surface area contributed by atoms with Crippen LogP contribution in [0.15, 0.2) is 0 Å². The molecule has 3 N–H and O–H groups in total. The zero-order chi connectivity index (χ0) is 20.0. The van der Waals surface area contributed by atoms with E-state index in [0.29, 0.717) is 39.1 Å². The molecule has 0 aromatic rings. The van der Waals surface area contributed by atoms with Crippen LogP contribution < -0.4 is 11.1 Å². The van der Waals surface area contributed by atoms with Crippen LogP contribution in [0.4, 0.5) is 4.79 Å². The molecule has 1 radical (unpaired) electrons. The Labute approximate surface area is 159 Å². The fourth-order valence-corrected chi connectivity index (χ4v) is 3.12. The summed E-state index contributed by atoms with van der Waals surface area (Å²) >= 11 is 0. The number of Topliss-reactive ketones (excluding diaryl/α,β-unsaturated/α-hetero) is 1. The standard InChI is InChI=1S/C18H29N4O5/c1-12(17(19)25)3-6-16(24)22(18(26)21-7-9-27-10-8-21)14-5-4-13(2)20-11-15(14)23/h6,12-14,20H,3-5,7-11H2,1-2H3,(H2,19,25)/t12-,13+,14-/m0/s1. The lowest BCUT2D eigenvalue weighted by atomic mass is 10.0. The first-order valence-electron chi connectivity index (χ1n) is 9.39. The molecule has 9 nitrogen and oxygen atoms in total. The monoisotopic (exact) mass is 381 g/mol. The number of nitrogens with one attached hydrogen (secondary N) is 1. The summed E-state index contributed by atoms with van der Waals surface area (Å²) in [6.07, 6.45) is 2.49. The molecule has 0 aliphatic carbocycles. The Kier molecular flexibility index (Phi) is 7.73. The predicted molar refractivity (Wildman–Crippen MR) is 97.4 cm³/mol. The number of amides is 4. The van der Waals surface area contributed by atoms with Crippen molar-refractivity contribution in [3.05, 3.63) is 6.42 Å². The summed E-state index contributed by atoms with van der Waals surface area (Å²) in [4.78, 5) is 52.3. The smallest absolute Gasteiger partial charge is 0.327 e. The molecule has 151 valence electrons. The van der Waals surface area contributed by atoms with Crippen molar-refractivity contribution in [1.29, 1.82) is 0 Å². The number of nitrogens with zero attached hydrogens (tertiary/aromatic N) is 2. The molecule has 27 heavy (non-hydrogen) atoms. The lowest BCUT2D eigenvalue weighted by Crippen LogP contribution is -2.56. The van der Waals surface area contributed by atoms with Gasteiger partial charge in [0.25, 0.3) is 0 Å². The van der Waals surface area contributed by atoms with E-state index in [9.17, 15) is 19.2 Å². The van der Waals surface area contributed by atoms with Crippen molar-refractivity contribution in [1.82, 2.24) is 15.1 Å². The van der Waals surface area contributed by atoms with E-state index in [0.717, 1.165) is 4.90 Å². The second-order valence-electron chi connectivity index (χ2n) is 7.17. The average molecular weight is 381 g/mol. The number of rotatable bonds is 5. The summed E-state index contributed by atoms with van der Waals surface area (Å²) in [5, 5.41) is 3.10. The number of ketones is 1. The van der Waals surface area contributed by atoms with Gasteiger partial charge in [-0.05, 0) is 26.2 Å². The van der Waals surface area contributed by atoms with Gasteiger partial charge in [-0.25, -0.2) is 4.79 Å². The number of morpholine rings is 1. The summed E-state index contributed by atoms with van der Waals surface area (Å²) in [5.74, 6) is -1.80. The maximum absolute atomic E-state index is 13.0. The van der Waals surface area contributed by atoms with Crippen LogP contribution >= 0.6 is 0 Å². The van der Waals surface area contributed by atoms with E-state index in [-0.39, 0.29) is 24.8 Å². The van der Waals surface area contributed by atoms with Crippen LogP contribution in [0.5, 0.6) is 0 Å². The second-order valence-corrected chi connectivity index (χ2v) is 7.17. The third-order valence-corrected chi connectivity index (χ3v) is 5.04. The van der Waals surface area contributed by atoms with Crippen LogP contribution in [0.3, 0.4) is 0 Å². The number of urea groups is 1. The molecule has 0 spiro atoms. The fraction of sp³-hybridized carbons (Fsp3) is 0.722. The van der Waals surface area contributed by atoms with Gasteiger partial charge in [-0.15, -0.1) is 0 Å². The van der Waals surface area contributed by atoms with E-state index in [4.69, 9.17) is 10.5 Å². The average Bonchev–Trinajstić information content (AvgIpc) is 2.82. The van der Waals surface area contributed by atoms with E-state index in [1.54, 1.807) is 6.92 Å². The highest BCUT2D eigenvalue weighted by atomic mass is 16.5. The molecule has 9 heteroatoms. The minimum atomic E-state index is -0.814. The zero-order valence-corrected chi connectivity index (χ0v) is 16.0. The number of primary amides is 1.